The number of ether oxygens (including phenoxy) is 1. The third kappa shape index (κ3) is 2.89. The van der Waals surface area contributed by atoms with Crippen LogP contribution in [0.5, 0.6) is 5.75 Å². The number of thiophene rings is 1. The molecule has 0 aliphatic rings. The quantitative estimate of drug-likeness (QED) is 0.439. The van der Waals surface area contributed by atoms with Crippen molar-refractivity contribution in [3.63, 3.8) is 0 Å². The Hall–Kier alpha value is -4.00. The van der Waals surface area contributed by atoms with Crippen LogP contribution in [0.2, 0.25) is 0 Å². The van der Waals surface area contributed by atoms with E-state index in [9.17, 15) is 10.1 Å². The number of rotatable bonds is 4. The number of nitriles is 1. The highest BCUT2D eigenvalue weighted by molar-refractivity contribution is 7.23. The number of nitrogens with one attached hydrogen (secondary N) is 1. The minimum atomic E-state index is -0.265. The topological polar surface area (TPSA) is 123 Å². The predicted molar refractivity (Wildman–Crippen MR) is 125 cm³/mol. The second-order valence-corrected chi connectivity index (χ2v) is 8.27. The zero-order chi connectivity index (χ0) is 22.4. The molecule has 0 atom stereocenters. The zero-order valence-corrected chi connectivity index (χ0v) is 18.2. The van der Waals surface area contributed by atoms with Crippen LogP contribution in [0.15, 0.2) is 47.4 Å². The molecule has 158 valence electrons. The molecule has 0 unspecified atom stereocenters. The van der Waals surface area contributed by atoms with Crippen LogP contribution >= 0.6 is 11.3 Å². The Labute approximate surface area is 186 Å². The van der Waals surface area contributed by atoms with Gasteiger partial charge in [-0.1, -0.05) is 18.2 Å². The van der Waals surface area contributed by atoms with E-state index in [1.54, 1.807) is 24.1 Å². The first-order valence-corrected chi connectivity index (χ1v) is 10.6. The van der Waals surface area contributed by atoms with Gasteiger partial charge in [0, 0.05) is 29.9 Å². The Bertz CT molecular complexity index is 1610. The molecule has 3 heterocycles. The van der Waals surface area contributed by atoms with Gasteiger partial charge in [-0.25, -0.2) is 5.10 Å². The number of H-pyrrole nitrogens is 1. The van der Waals surface area contributed by atoms with Crippen LogP contribution in [0.3, 0.4) is 0 Å². The summed E-state index contributed by atoms with van der Waals surface area (Å²) in [5, 5.41) is 23.1. The van der Waals surface area contributed by atoms with E-state index < -0.39 is 0 Å². The molecule has 5 aromatic rings. The average molecular weight is 443 g/mol. The highest BCUT2D eigenvalue weighted by Crippen LogP contribution is 2.45. The minimum absolute atomic E-state index is 0.200. The number of hydrogen-bond acceptors (Lipinski definition) is 7. The molecular weight excluding hydrogens is 424 g/mol. The highest BCUT2D eigenvalue weighted by atomic mass is 32.1. The van der Waals surface area contributed by atoms with Crippen molar-refractivity contribution in [2.75, 3.05) is 7.11 Å². The molecule has 3 aromatic heterocycles. The third-order valence-corrected chi connectivity index (χ3v) is 6.76. The molecule has 0 aliphatic carbocycles. The van der Waals surface area contributed by atoms with Crippen LogP contribution < -0.4 is 16.0 Å². The molecule has 0 saturated heterocycles. The molecule has 32 heavy (non-hydrogen) atoms. The molecule has 0 amide bonds. The van der Waals surface area contributed by atoms with Crippen LogP contribution in [-0.4, -0.2) is 27.1 Å². The predicted octanol–water partition coefficient (Wildman–Crippen LogP) is 3.54. The molecule has 0 spiro atoms. The van der Waals surface area contributed by atoms with Crippen molar-refractivity contribution in [2.45, 2.75) is 6.54 Å². The number of aromatic amines is 1. The first kappa shape index (κ1) is 19.9. The van der Waals surface area contributed by atoms with Crippen molar-refractivity contribution in [3.05, 3.63) is 64.2 Å². The molecule has 5 rings (SSSR count). The molecule has 3 N–H and O–H groups in total. The molecule has 0 aliphatic heterocycles. The highest BCUT2D eigenvalue weighted by Gasteiger charge is 2.22. The SMILES string of the molecule is COc1cccc2c(C#N)c(-c3c(-c4ccc5c(=O)[nH]nc(CN)c5c4)cnn3C)sc12. The second-order valence-electron chi connectivity index (χ2n) is 7.25. The van der Waals surface area contributed by atoms with E-state index in [4.69, 9.17) is 10.5 Å². The Morgan fingerprint density at radius 1 is 1.25 bits per heavy atom. The van der Waals surface area contributed by atoms with Crippen LogP contribution in [0.1, 0.15) is 11.3 Å². The maximum atomic E-state index is 12.2. The van der Waals surface area contributed by atoms with Gasteiger partial charge >= 0.3 is 0 Å². The summed E-state index contributed by atoms with van der Waals surface area (Å²) >= 11 is 1.50. The molecule has 0 saturated carbocycles. The second kappa shape index (κ2) is 7.60. The van der Waals surface area contributed by atoms with Gasteiger partial charge in [-0.05, 0) is 23.8 Å². The van der Waals surface area contributed by atoms with Gasteiger partial charge < -0.3 is 10.5 Å². The van der Waals surface area contributed by atoms with Gasteiger partial charge in [0.25, 0.3) is 5.56 Å². The van der Waals surface area contributed by atoms with Gasteiger partial charge in [0.2, 0.25) is 0 Å². The Kier molecular flexibility index (Phi) is 4.74. The largest absolute Gasteiger partial charge is 0.495 e. The molecule has 0 radical (unpaired) electrons. The molecular formula is C23H18N6O2S. The van der Waals surface area contributed by atoms with E-state index in [0.29, 0.717) is 22.0 Å². The van der Waals surface area contributed by atoms with Crippen molar-refractivity contribution in [1.29, 1.82) is 5.26 Å². The standard InChI is InChI=1S/C23H18N6O2S/c1-29-20(22-16(9-24)13-4-3-5-19(31-2)21(13)32-22)17(11-26-29)12-6-7-14-15(8-12)18(10-25)27-28-23(14)30/h3-8,11H,10,25H2,1-2H3,(H,28,30). The van der Waals surface area contributed by atoms with Crippen molar-refractivity contribution in [1.82, 2.24) is 20.0 Å². The van der Waals surface area contributed by atoms with E-state index >= 15 is 0 Å². The summed E-state index contributed by atoms with van der Waals surface area (Å²) in [4.78, 5) is 13.0. The number of aromatic nitrogens is 4. The summed E-state index contributed by atoms with van der Waals surface area (Å²) in [5.41, 5.74) is 9.28. The number of fused-ring (bicyclic) bond motifs is 2. The van der Waals surface area contributed by atoms with Gasteiger partial charge in [-0.3, -0.25) is 9.48 Å². The van der Waals surface area contributed by atoms with Gasteiger partial charge in [0.1, 0.15) is 11.8 Å². The number of benzene rings is 2. The Balaban J connectivity index is 1.79. The van der Waals surface area contributed by atoms with E-state index in [-0.39, 0.29) is 12.1 Å². The summed E-state index contributed by atoms with van der Waals surface area (Å²) in [7, 11) is 3.47. The fraction of sp³-hybridized carbons (Fsp3) is 0.130. The monoisotopic (exact) mass is 442 g/mol. The number of methoxy groups -OCH3 is 1. The van der Waals surface area contributed by atoms with Gasteiger partial charge in [0.15, 0.2) is 0 Å². The normalized spacial score (nSPS) is 11.2. The number of nitrogens with two attached hydrogens (primary N) is 1. The lowest BCUT2D eigenvalue weighted by molar-refractivity contribution is 0.420. The Morgan fingerprint density at radius 3 is 2.84 bits per heavy atom. The lowest BCUT2D eigenvalue weighted by atomic mass is 9.99. The van der Waals surface area contributed by atoms with E-state index in [2.05, 4.69) is 21.4 Å². The van der Waals surface area contributed by atoms with Crippen molar-refractivity contribution >= 4 is 32.2 Å². The maximum Gasteiger partial charge on any atom is 0.272 e. The summed E-state index contributed by atoms with van der Waals surface area (Å²) in [6, 6.07) is 13.6. The third-order valence-electron chi connectivity index (χ3n) is 5.54. The molecule has 8 nitrogen and oxygen atoms in total. The lowest BCUT2D eigenvalue weighted by Gasteiger charge is -2.08. The molecule has 2 aromatic carbocycles. The maximum absolute atomic E-state index is 12.2. The van der Waals surface area contributed by atoms with Crippen LogP contribution in [0, 0.1) is 11.3 Å². The first-order valence-electron chi connectivity index (χ1n) is 9.81. The van der Waals surface area contributed by atoms with E-state index in [1.165, 1.54) is 11.3 Å². The summed E-state index contributed by atoms with van der Waals surface area (Å²) in [5.74, 6) is 0.725. The van der Waals surface area contributed by atoms with Gasteiger partial charge in [-0.15, -0.1) is 11.3 Å². The summed E-state index contributed by atoms with van der Waals surface area (Å²) < 4.78 is 8.19. The fourth-order valence-corrected chi connectivity index (χ4v) is 5.33. The van der Waals surface area contributed by atoms with Gasteiger partial charge in [-0.2, -0.15) is 15.5 Å². The van der Waals surface area contributed by atoms with Crippen molar-refractivity contribution in [2.24, 2.45) is 12.8 Å². The zero-order valence-electron chi connectivity index (χ0n) is 17.3. The minimum Gasteiger partial charge on any atom is -0.495 e. The van der Waals surface area contributed by atoms with E-state index in [1.807, 2.05) is 37.4 Å². The average Bonchev–Trinajstić information content (AvgIpc) is 3.38. The molecule has 0 fully saturated rings. The molecule has 0 bridgehead atoms. The first-order chi connectivity index (χ1) is 15.6. The van der Waals surface area contributed by atoms with E-state index in [0.717, 1.165) is 37.5 Å². The molecule has 9 heteroatoms. The summed E-state index contributed by atoms with van der Waals surface area (Å²) in [6.45, 7) is 0.200. The van der Waals surface area contributed by atoms with Crippen LogP contribution in [0.25, 0.3) is 42.6 Å². The van der Waals surface area contributed by atoms with Gasteiger partial charge in [0.05, 0.1) is 45.2 Å². The number of nitrogens with zero attached hydrogens (tertiary/aromatic N) is 4. The van der Waals surface area contributed by atoms with Crippen molar-refractivity contribution in [3.8, 4) is 33.5 Å². The number of aryl methyl sites for hydroxylation is 1. The number of hydrogen-bond donors (Lipinski definition) is 2. The lowest BCUT2D eigenvalue weighted by Crippen LogP contribution is -2.13. The summed E-state index contributed by atoms with van der Waals surface area (Å²) in [6.07, 6.45) is 1.77. The van der Waals surface area contributed by atoms with Crippen LogP contribution in [-0.2, 0) is 13.6 Å². The van der Waals surface area contributed by atoms with Crippen LogP contribution in [0.4, 0.5) is 0 Å². The smallest absolute Gasteiger partial charge is 0.272 e. The fourth-order valence-electron chi connectivity index (χ4n) is 3.99. The Morgan fingerprint density at radius 2 is 2.09 bits per heavy atom. The van der Waals surface area contributed by atoms with Crippen molar-refractivity contribution < 1.29 is 4.74 Å².